The number of ether oxygens (including phenoxy) is 3. The Morgan fingerprint density at radius 2 is 1.61 bits per heavy atom. The van der Waals surface area contributed by atoms with Gasteiger partial charge in [0.1, 0.15) is 11.5 Å². The third-order valence-corrected chi connectivity index (χ3v) is 4.18. The number of nitrogens with zero attached hydrogens (tertiary/aromatic N) is 1. The Hall–Kier alpha value is -2.24. The first-order valence-corrected chi connectivity index (χ1v) is 7.66. The molecule has 0 aliphatic carbocycles. The number of hydrogen-bond donors (Lipinski definition) is 0. The van der Waals surface area contributed by atoms with Crippen LogP contribution in [0.25, 0.3) is 0 Å². The second kappa shape index (κ2) is 7.85. The van der Waals surface area contributed by atoms with Crippen LogP contribution in [0.4, 0.5) is 0 Å². The largest absolute Gasteiger partial charge is 0.497 e. The highest BCUT2D eigenvalue weighted by Crippen LogP contribution is 2.26. The quantitative estimate of drug-likeness (QED) is 0.777. The fourth-order valence-corrected chi connectivity index (χ4v) is 2.77. The lowest BCUT2D eigenvalue weighted by Gasteiger charge is -2.31. The minimum Gasteiger partial charge on any atom is -0.497 e. The van der Waals surface area contributed by atoms with Crippen molar-refractivity contribution < 1.29 is 23.8 Å². The van der Waals surface area contributed by atoms with Gasteiger partial charge < -0.3 is 19.1 Å². The Bertz CT molecular complexity index is 542. The molecule has 1 aliphatic rings. The van der Waals surface area contributed by atoms with Crippen LogP contribution in [0.1, 0.15) is 29.6 Å². The zero-order chi connectivity index (χ0) is 16.8. The summed E-state index contributed by atoms with van der Waals surface area (Å²) in [6.45, 7) is 1.28. The number of methoxy groups -OCH3 is 3. The van der Waals surface area contributed by atoms with Crippen molar-refractivity contribution in [2.45, 2.75) is 19.3 Å². The first kappa shape index (κ1) is 17.1. The molecule has 0 bridgehead atoms. The van der Waals surface area contributed by atoms with Gasteiger partial charge >= 0.3 is 5.97 Å². The first-order chi connectivity index (χ1) is 11.1. The molecule has 0 unspecified atom stereocenters. The summed E-state index contributed by atoms with van der Waals surface area (Å²) in [5.74, 6) is 1.24. The van der Waals surface area contributed by atoms with Gasteiger partial charge in [0.2, 0.25) is 0 Å². The number of carbonyl (C=O) groups is 2. The molecule has 1 heterocycles. The Labute approximate surface area is 136 Å². The molecule has 6 heteroatoms. The summed E-state index contributed by atoms with van der Waals surface area (Å²) in [7, 11) is 4.51. The van der Waals surface area contributed by atoms with E-state index in [-0.39, 0.29) is 17.8 Å². The maximum absolute atomic E-state index is 12.6. The number of esters is 1. The maximum atomic E-state index is 12.6. The summed E-state index contributed by atoms with van der Waals surface area (Å²) in [6.07, 6.45) is 2.04. The van der Waals surface area contributed by atoms with Crippen LogP contribution in [-0.2, 0) is 9.53 Å². The van der Waals surface area contributed by atoms with Gasteiger partial charge in [-0.1, -0.05) is 0 Å². The molecule has 23 heavy (non-hydrogen) atoms. The van der Waals surface area contributed by atoms with Crippen LogP contribution in [0.3, 0.4) is 0 Å². The second-order valence-corrected chi connectivity index (χ2v) is 5.62. The molecular weight excluding hydrogens is 298 g/mol. The molecule has 1 fully saturated rings. The van der Waals surface area contributed by atoms with Gasteiger partial charge in [-0.25, -0.2) is 0 Å². The average Bonchev–Trinajstić information content (AvgIpc) is 2.61. The van der Waals surface area contributed by atoms with Gasteiger partial charge in [-0.15, -0.1) is 0 Å². The summed E-state index contributed by atoms with van der Waals surface area (Å²) in [5, 5.41) is 0. The van der Waals surface area contributed by atoms with Crippen molar-refractivity contribution in [1.82, 2.24) is 4.90 Å². The van der Waals surface area contributed by atoms with Crippen LogP contribution in [-0.4, -0.2) is 51.2 Å². The number of carbonyl (C=O) groups excluding carboxylic acids is 2. The molecule has 2 rings (SSSR count). The standard InChI is InChI=1S/C17H23NO5/c1-21-14-9-13(10-15(11-14)22-2)17(20)18-6-4-12(5-7-18)8-16(19)23-3/h9-12H,4-8H2,1-3H3. The zero-order valence-corrected chi connectivity index (χ0v) is 13.8. The van der Waals surface area contributed by atoms with E-state index in [9.17, 15) is 9.59 Å². The van der Waals surface area contributed by atoms with Crippen molar-refractivity contribution in [3.05, 3.63) is 23.8 Å². The molecule has 0 N–H and O–H groups in total. The number of likely N-dealkylation sites (tertiary alicyclic amines) is 1. The fraction of sp³-hybridized carbons (Fsp3) is 0.529. The Morgan fingerprint density at radius 3 is 2.09 bits per heavy atom. The average molecular weight is 321 g/mol. The monoisotopic (exact) mass is 321 g/mol. The van der Waals surface area contributed by atoms with E-state index >= 15 is 0 Å². The van der Waals surface area contributed by atoms with Gasteiger partial charge in [0.05, 0.1) is 21.3 Å². The van der Waals surface area contributed by atoms with E-state index in [1.807, 2.05) is 4.90 Å². The zero-order valence-electron chi connectivity index (χ0n) is 13.8. The molecule has 1 aromatic rings. The molecule has 0 spiro atoms. The van der Waals surface area contributed by atoms with Crippen LogP contribution >= 0.6 is 0 Å². The Balaban J connectivity index is 2.01. The summed E-state index contributed by atoms with van der Waals surface area (Å²) in [4.78, 5) is 25.8. The number of hydrogen-bond acceptors (Lipinski definition) is 5. The Morgan fingerprint density at radius 1 is 1.04 bits per heavy atom. The molecule has 126 valence electrons. The molecule has 1 aliphatic heterocycles. The first-order valence-electron chi connectivity index (χ1n) is 7.66. The van der Waals surface area contributed by atoms with Crippen molar-refractivity contribution in [2.75, 3.05) is 34.4 Å². The van der Waals surface area contributed by atoms with E-state index < -0.39 is 0 Å². The SMILES string of the molecule is COC(=O)CC1CCN(C(=O)c2cc(OC)cc(OC)c2)CC1. The minimum absolute atomic E-state index is 0.0429. The smallest absolute Gasteiger partial charge is 0.305 e. The maximum Gasteiger partial charge on any atom is 0.305 e. The van der Waals surface area contributed by atoms with Crippen molar-refractivity contribution in [3.63, 3.8) is 0 Å². The van der Waals surface area contributed by atoms with Gasteiger partial charge in [0, 0.05) is 31.1 Å². The van der Waals surface area contributed by atoms with Crippen LogP contribution in [0, 0.1) is 5.92 Å². The molecule has 0 aromatic heterocycles. The Kier molecular flexibility index (Phi) is 5.84. The predicted molar refractivity (Wildman–Crippen MR) is 84.8 cm³/mol. The van der Waals surface area contributed by atoms with Gasteiger partial charge in [0.15, 0.2) is 0 Å². The third kappa shape index (κ3) is 4.37. The molecule has 1 amide bonds. The van der Waals surface area contributed by atoms with Gasteiger partial charge in [-0.3, -0.25) is 9.59 Å². The van der Waals surface area contributed by atoms with E-state index in [1.165, 1.54) is 7.11 Å². The van der Waals surface area contributed by atoms with Crippen molar-refractivity contribution in [2.24, 2.45) is 5.92 Å². The van der Waals surface area contributed by atoms with Crippen LogP contribution in [0.2, 0.25) is 0 Å². The fourth-order valence-electron chi connectivity index (χ4n) is 2.77. The summed E-state index contributed by atoms with van der Waals surface area (Å²) in [5.41, 5.74) is 0.549. The lowest BCUT2D eigenvalue weighted by molar-refractivity contribution is -0.142. The lowest BCUT2D eigenvalue weighted by Crippen LogP contribution is -2.39. The molecule has 6 nitrogen and oxygen atoms in total. The van der Waals surface area contributed by atoms with E-state index in [4.69, 9.17) is 14.2 Å². The van der Waals surface area contributed by atoms with Gasteiger partial charge in [-0.05, 0) is 30.9 Å². The molecule has 0 saturated carbocycles. The topological polar surface area (TPSA) is 65.1 Å². The molecule has 1 aromatic carbocycles. The van der Waals surface area contributed by atoms with Gasteiger partial charge in [0.25, 0.3) is 5.91 Å². The minimum atomic E-state index is -0.188. The van der Waals surface area contributed by atoms with Crippen molar-refractivity contribution >= 4 is 11.9 Å². The van der Waals surface area contributed by atoms with E-state index in [2.05, 4.69) is 0 Å². The highest BCUT2D eigenvalue weighted by molar-refractivity contribution is 5.95. The molecular formula is C17H23NO5. The van der Waals surface area contributed by atoms with E-state index in [1.54, 1.807) is 32.4 Å². The molecule has 0 radical (unpaired) electrons. The van der Waals surface area contributed by atoms with Gasteiger partial charge in [-0.2, -0.15) is 0 Å². The normalized spacial score (nSPS) is 15.2. The molecule has 0 atom stereocenters. The van der Waals surface area contributed by atoms with E-state index in [0.717, 1.165) is 12.8 Å². The van der Waals surface area contributed by atoms with Crippen molar-refractivity contribution in [3.8, 4) is 11.5 Å². The summed E-state index contributed by atoms with van der Waals surface area (Å²) < 4.78 is 15.1. The van der Waals surface area contributed by atoms with Crippen LogP contribution < -0.4 is 9.47 Å². The third-order valence-electron chi connectivity index (χ3n) is 4.18. The number of benzene rings is 1. The van der Waals surface area contributed by atoms with E-state index in [0.29, 0.717) is 36.6 Å². The highest BCUT2D eigenvalue weighted by Gasteiger charge is 2.25. The van der Waals surface area contributed by atoms with Crippen LogP contribution in [0.15, 0.2) is 18.2 Å². The van der Waals surface area contributed by atoms with Crippen molar-refractivity contribution in [1.29, 1.82) is 0 Å². The second-order valence-electron chi connectivity index (χ2n) is 5.62. The highest BCUT2D eigenvalue weighted by atomic mass is 16.5. The predicted octanol–water partition coefficient (Wildman–Crippen LogP) is 2.12. The summed E-state index contributed by atoms with van der Waals surface area (Å²) >= 11 is 0. The summed E-state index contributed by atoms with van der Waals surface area (Å²) in [6, 6.07) is 5.16. The number of rotatable bonds is 5. The molecule has 1 saturated heterocycles. The number of amides is 1. The number of piperidine rings is 1. The lowest BCUT2D eigenvalue weighted by atomic mass is 9.93. The van der Waals surface area contributed by atoms with Crippen LogP contribution in [0.5, 0.6) is 11.5 Å².